The van der Waals surface area contributed by atoms with Gasteiger partial charge >= 0.3 is 0 Å². The number of hydrogen-bond donors (Lipinski definition) is 0. The van der Waals surface area contributed by atoms with Gasteiger partial charge in [-0.1, -0.05) is 176 Å². The van der Waals surface area contributed by atoms with Crippen molar-refractivity contribution in [2.75, 3.05) is 0 Å². The van der Waals surface area contributed by atoms with Gasteiger partial charge < -0.3 is 4.42 Å². The van der Waals surface area contributed by atoms with Crippen molar-refractivity contribution in [3.8, 4) is 67.5 Å². The molecule has 11 aromatic rings. The van der Waals surface area contributed by atoms with Crippen LogP contribution < -0.4 is 0 Å². The van der Waals surface area contributed by atoms with E-state index in [0.717, 1.165) is 66.3 Å². The van der Waals surface area contributed by atoms with E-state index in [0.29, 0.717) is 17.5 Å². The van der Waals surface area contributed by atoms with Gasteiger partial charge in [-0.05, 0) is 79.2 Å². The molecule has 0 fully saturated rings. The number of nitrogens with zero attached hydrogens (tertiary/aromatic N) is 3. The minimum absolute atomic E-state index is 0.593. The van der Waals surface area contributed by atoms with Crippen molar-refractivity contribution < 1.29 is 4.42 Å². The quantitative estimate of drug-likeness (QED) is 0.171. The van der Waals surface area contributed by atoms with Crippen LogP contribution in [0.4, 0.5) is 0 Å². The van der Waals surface area contributed by atoms with Crippen molar-refractivity contribution in [2.45, 2.75) is 0 Å². The van der Waals surface area contributed by atoms with Gasteiger partial charge in [0.1, 0.15) is 11.2 Å². The molecule has 4 heteroatoms. The topological polar surface area (TPSA) is 51.8 Å². The van der Waals surface area contributed by atoms with Crippen LogP contribution in [0.25, 0.3) is 111 Å². The first-order chi connectivity index (χ1) is 28.2. The van der Waals surface area contributed by atoms with E-state index in [1.54, 1.807) is 0 Å². The summed E-state index contributed by atoms with van der Waals surface area (Å²) in [5.41, 5.74) is 11.3. The van der Waals surface area contributed by atoms with Crippen LogP contribution in [0.3, 0.4) is 0 Å². The molecule has 0 N–H and O–H groups in total. The lowest BCUT2D eigenvalue weighted by Crippen LogP contribution is -2.00. The second-order valence-corrected chi connectivity index (χ2v) is 14.4. The fourth-order valence-corrected chi connectivity index (χ4v) is 8.13. The minimum Gasteiger partial charge on any atom is -0.456 e. The highest BCUT2D eigenvalue weighted by molar-refractivity contribution is 6.13. The molecule has 0 aliphatic heterocycles. The van der Waals surface area contributed by atoms with E-state index in [2.05, 4.69) is 182 Å². The summed E-state index contributed by atoms with van der Waals surface area (Å²) < 4.78 is 6.64. The molecule has 0 unspecified atom stereocenters. The maximum Gasteiger partial charge on any atom is 0.164 e. The molecule has 2 heterocycles. The Bertz CT molecular complexity index is 3280. The predicted octanol–water partition coefficient (Wildman–Crippen LogP) is 14.1. The molecule has 266 valence electrons. The summed E-state index contributed by atoms with van der Waals surface area (Å²) >= 11 is 0. The smallest absolute Gasteiger partial charge is 0.164 e. The van der Waals surface area contributed by atoms with Gasteiger partial charge in [-0.15, -0.1) is 0 Å². The Kier molecular flexibility index (Phi) is 7.78. The molecule has 11 rings (SSSR count). The molecule has 4 nitrogen and oxygen atoms in total. The largest absolute Gasteiger partial charge is 0.456 e. The van der Waals surface area contributed by atoms with Crippen molar-refractivity contribution in [1.82, 2.24) is 15.0 Å². The summed E-state index contributed by atoms with van der Waals surface area (Å²) in [4.78, 5) is 15.4. The van der Waals surface area contributed by atoms with Gasteiger partial charge in [-0.25, -0.2) is 15.0 Å². The van der Waals surface area contributed by atoms with E-state index in [9.17, 15) is 0 Å². The van der Waals surface area contributed by atoms with Gasteiger partial charge in [-0.2, -0.15) is 0 Å². The maximum atomic E-state index is 6.64. The lowest BCUT2D eigenvalue weighted by Gasteiger charge is -2.12. The fourth-order valence-electron chi connectivity index (χ4n) is 8.13. The van der Waals surface area contributed by atoms with Gasteiger partial charge in [0, 0.05) is 27.5 Å². The highest BCUT2D eigenvalue weighted by Gasteiger charge is 2.19. The van der Waals surface area contributed by atoms with Crippen molar-refractivity contribution in [1.29, 1.82) is 0 Å². The van der Waals surface area contributed by atoms with Gasteiger partial charge in [0.15, 0.2) is 17.5 Å². The molecule has 0 aliphatic rings. The molecule has 0 spiro atoms. The maximum absolute atomic E-state index is 6.64. The van der Waals surface area contributed by atoms with Crippen LogP contribution in [-0.4, -0.2) is 15.0 Å². The molecule has 0 aliphatic carbocycles. The van der Waals surface area contributed by atoms with Crippen LogP contribution in [-0.2, 0) is 0 Å². The molecule has 2 aromatic heterocycles. The number of furan rings is 1. The summed E-state index contributed by atoms with van der Waals surface area (Å²) in [6, 6.07) is 69.9. The molecule has 0 amide bonds. The van der Waals surface area contributed by atoms with Crippen LogP contribution in [0.5, 0.6) is 0 Å². The number of fused-ring (bicyclic) bond motifs is 5. The van der Waals surface area contributed by atoms with E-state index in [4.69, 9.17) is 19.4 Å². The van der Waals surface area contributed by atoms with Crippen LogP contribution in [0.2, 0.25) is 0 Å². The number of aromatic nitrogens is 3. The zero-order valence-electron chi connectivity index (χ0n) is 30.8. The Morgan fingerprint density at radius 3 is 1.60 bits per heavy atom. The van der Waals surface area contributed by atoms with Gasteiger partial charge in [0.2, 0.25) is 0 Å². The molecular formula is C53H33N3O. The SMILES string of the molecule is c1ccc(-c2ccc(-c3nc(-c4ccc5ccccc5c4)nc(-c4cccc5oc6cc(-c7ccc(-c8ccccc8)c8ccccc78)ccc6c45)n3)cc2)cc1. The molecule has 0 saturated heterocycles. The van der Waals surface area contributed by atoms with Crippen LogP contribution in [0.15, 0.2) is 205 Å². The van der Waals surface area contributed by atoms with E-state index in [-0.39, 0.29) is 0 Å². The van der Waals surface area contributed by atoms with Crippen LogP contribution in [0, 0.1) is 0 Å². The Labute approximate surface area is 329 Å². The molecule has 0 saturated carbocycles. The second-order valence-electron chi connectivity index (χ2n) is 14.4. The van der Waals surface area contributed by atoms with E-state index < -0.39 is 0 Å². The van der Waals surface area contributed by atoms with E-state index >= 15 is 0 Å². The van der Waals surface area contributed by atoms with Crippen molar-refractivity contribution in [3.05, 3.63) is 200 Å². The normalized spacial score (nSPS) is 11.5. The summed E-state index contributed by atoms with van der Waals surface area (Å²) in [6.45, 7) is 0. The molecular weight excluding hydrogens is 695 g/mol. The standard InChI is InChI=1S/C53H33N3O/c1-3-12-34(13-4-1)36-22-25-38(26-23-36)51-54-52(41-27-24-35-14-7-8-17-39(35)32-41)56-53(55-51)47-20-11-21-48-50(47)46-29-28-40(33-49(46)57-48)43-31-30-42(37-15-5-2-6-16-37)44-18-9-10-19-45(43)44/h1-33H. The first-order valence-electron chi connectivity index (χ1n) is 19.2. The highest BCUT2D eigenvalue weighted by Crippen LogP contribution is 2.41. The first-order valence-corrected chi connectivity index (χ1v) is 19.2. The molecule has 0 atom stereocenters. The number of benzene rings is 9. The number of hydrogen-bond acceptors (Lipinski definition) is 4. The third-order valence-corrected chi connectivity index (χ3v) is 11.0. The lowest BCUT2D eigenvalue weighted by molar-refractivity contribution is 0.669. The van der Waals surface area contributed by atoms with Gasteiger partial charge in [0.25, 0.3) is 0 Å². The van der Waals surface area contributed by atoms with E-state index in [1.165, 1.54) is 27.3 Å². The Morgan fingerprint density at radius 1 is 0.281 bits per heavy atom. The van der Waals surface area contributed by atoms with Crippen LogP contribution in [0.1, 0.15) is 0 Å². The third kappa shape index (κ3) is 5.83. The van der Waals surface area contributed by atoms with Crippen LogP contribution >= 0.6 is 0 Å². The second kappa shape index (κ2) is 13.6. The highest BCUT2D eigenvalue weighted by atomic mass is 16.3. The Morgan fingerprint density at radius 2 is 0.842 bits per heavy atom. The summed E-state index contributed by atoms with van der Waals surface area (Å²) in [6.07, 6.45) is 0. The third-order valence-electron chi connectivity index (χ3n) is 11.0. The van der Waals surface area contributed by atoms with Crippen molar-refractivity contribution in [2.24, 2.45) is 0 Å². The molecule has 9 aromatic carbocycles. The zero-order valence-corrected chi connectivity index (χ0v) is 30.8. The first kappa shape index (κ1) is 32.7. The summed E-state index contributed by atoms with van der Waals surface area (Å²) in [5, 5.41) is 6.70. The number of rotatable bonds is 6. The molecule has 57 heavy (non-hydrogen) atoms. The lowest BCUT2D eigenvalue weighted by atomic mass is 9.92. The molecule has 0 bridgehead atoms. The Balaban J connectivity index is 1.06. The van der Waals surface area contributed by atoms with Crippen molar-refractivity contribution >= 4 is 43.5 Å². The minimum atomic E-state index is 0.593. The average molecular weight is 728 g/mol. The fraction of sp³-hybridized carbons (Fsp3) is 0. The average Bonchev–Trinajstić information content (AvgIpc) is 3.67. The molecule has 0 radical (unpaired) electrons. The predicted molar refractivity (Wildman–Crippen MR) is 235 cm³/mol. The monoisotopic (exact) mass is 727 g/mol. The summed E-state index contributed by atoms with van der Waals surface area (Å²) in [7, 11) is 0. The van der Waals surface area contributed by atoms with Gasteiger partial charge in [0.05, 0.1) is 0 Å². The van der Waals surface area contributed by atoms with E-state index in [1.807, 2.05) is 18.2 Å². The Hall–Kier alpha value is -7.69. The summed E-state index contributed by atoms with van der Waals surface area (Å²) in [5.74, 6) is 1.82. The van der Waals surface area contributed by atoms with Gasteiger partial charge in [-0.3, -0.25) is 0 Å². The van der Waals surface area contributed by atoms with Crippen molar-refractivity contribution in [3.63, 3.8) is 0 Å². The zero-order chi connectivity index (χ0) is 37.7.